The first-order chi connectivity index (χ1) is 29.5. The van der Waals surface area contributed by atoms with E-state index in [1.165, 1.54) is 76.0 Å². The highest BCUT2D eigenvalue weighted by Crippen LogP contribution is 2.55. The van der Waals surface area contributed by atoms with Gasteiger partial charge in [0.2, 0.25) is 0 Å². The molecule has 0 saturated heterocycles. The third-order valence-corrected chi connectivity index (χ3v) is 13.9. The van der Waals surface area contributed by atoms with Crippen LogP contribution in [0.1, 0.15) is 87.5 Å². The highest BCUT2D eigenvalue weighted by molar-refractivity contribution is 6.25. The van der Waals surface area contributed by atoms with Gasteiger partial charge in [-0.05, 0) is 133 Å². The Morgan fingerprint density at radius 3 is 2.23 bits per heavy atom. The summed E-state index contributed by atoms with van der Waals surface area (Å²) in [6.07, 6.45) is 20.3. The minimum Gasteiger partial charge on any atom is -0.456 e. The third-order valence-electron chi connectivity index (χ3n) is 13.9. The molecule has 4 aliphatic carbocycles. The summed E-state index contributed by atoms with van der Waals surface area (Å²) < 4.78 is 14.0. The molecule has 8 aromatic rings. The molecule has 0 unspecified atom stereocenters. The molecule has 0 N–H and O–H groups in total. The zero-order chi connectivity index (χ0) is 40.0. The number of fused-ring (bicyclic) bond motifs is 8. The summed E-state index contributed by atoms with van der Waals surface area (Å²) in [7, 11) is 0. The molecule has 4 aliphatic rings. The number of hydrogen-bond donors (Lipinski definition) is 0. The first-order valence-corrected chi connectivity index (χ1v) is 21.9. The van der Waals surface area contributed by atoms with Crippen molar-refractivity contribution in [3.63, 3.8) is 0 Å². The number of nitrogens with zero attached hydrogens (tertiary/aromatic N) is 1. The highest BCUT2D eigenvalue weighted by atomic mass is 16.3. The smallest absolute Gasteiger partial charge is 0.144 e. The zero-order valence-corrected chi connectivity index (χ0v) is 34.4. The van der Waals surface area contributed by atoms with Gasteiger partial charge in [-0.1, -0.05) is 129 Å². The molecule has 0 radical (unpaired) electrons. The van der Waals surface area contributed by atoms with Gasteiger partial charge in [-0.25, -0.2) is 0 Å². The first-order valence-electron chi connectivity index (χ1n) is 21.9. The molecule has 3 heteroatoms. The quantitative estimate of drug-likeness (QED) is 0.168. The van der Waals surface area contributed by atoms with Gasteiger partial charge < -0.3 is 13.7 Å². The van der Waals surface area contributed by atoms with E-state index >= 15 is 0 Å². The fourth-order valence-corrected chi connectivity index (χ4v) is 11.1. The number of anilines is 2. The molecule has 60 heavy (non-hydrogen) atoms. The third kappa shape index (κ3) is 5.41. The fourth-order valence-electron chi connectivity index (χ4n) is 11.1. The lowest BCUT2D eigenvalue weighted by Gasteiger charge is -2.32. The van der Waals surface area contributed by atoms with Crippen molar-refractivity contribution in [3.05, 3.63) is 185 Å². The van der Waals surface area contributed by atoms with E-state index in [1.54, 1.807) is 11.1 Å². The summed E-state index contributed by atoms with van der Waals surface area (Å²) in [5.41, 5.74) is 20.8. The van der Waals surface area contributed by atoms with E-state index in [2.05, 4.69) is 170 Å². The SMILES string of the molecule is CC1(C)C2=C(CCCC2)c2ccc(-c3c4oc5cccc(N(C6=CC=C(c7ccccc7)CC6)c6ccccc6C6=CC=CCC6)c5c4cc4oc5ccccc5c34)cc21. The van der Waals surface area contributed by atoms with E-state index in [1.807, 2.05) is 0 Å². The molecule has 0 saturated carbocycles. The van der Waals surface area contributed by atoms with Gasteiger partial charge in [0.25, 0.3) is 0 Å². The minimum atomic E-state index is -0.00633. The second-order valence-corrected chi connectivity index (χ2v) is 17.6. The average molecular weight is 778 g/mol. The molecule has 0 bridgehead atoms. The lowest BCUT2D eigenvalue weighted by molar-refractivity contribution is 0.574. The van der Waals surface area contributed by atoms with Crippen LogP contribution in [-0.2, 0) is 5.41 Å². The van der Waals surface area contributed by atoms with Crippen LogP contribution in [0.2, 0.25) is 0 Å². The van der Waals surface area contributed by atoms with Gasteiger partial charge in [-0.2, -0.15) is 0 Å². The molecule has 292 valence electrons. The number of furan rings is 2. The monoisotopic (exact) mass is 777 g/mol. The van der Waals surface area contributed by atoms with Crippen LogP contribution in [0, 0.1) is 0 Å². The number of rotatable bonds is 6. The van der Waals surface area contributed by atoms with Gasteiger partial charge in [-0.15, -0.1) is 0 Å². The number of benzene rings is 6. The Morgan fingerprint density at radius 1 is 0.550 bits per heavy atom. The molecule has 3 nitrogen and oxygen atoms in total. The van der Waals surface area contributed by atoms with E-state index < -0.39 is 0 Å². The predicted octanol–water partition coefficient (Wildman–Crippen LogP) is 16.4. The predicted molar refractivity (Wildman–Crippen MR) is 252 cm³/mol. The average Bonchev–Trinajstić information content (AvgIpc) is 3.94. The minimum absolute atomic E-state index is 0.00633. The van der Waals surface area contributed by atoms with Crippen LogP contribution in [-0.4, -0.2) is 0 Å². The number of hydrogen-bond acceptors (Lipinski definition) is 3. The maximum atomic E-state index is 7.24. The van der Waals surface area contributed by atoms with Crippen molar-refractivity contribution in [2.75, 3.05) is 4.90 Å². The summed E-state index contributed by atoms with van der Waals surface area (Å²) >= 11 is 0. The molecule has 2 aromatic heterocycles. The molecule has 2 heterocycles. The number of para-hydroxylation sites is 2. The Bertz CT molecular complexity index is 3230. The Morgan fingerprint density at radius 2 is 1.37 bits per heavy atom. The Labute approximate surface area is 351 Å². The molecule has 6 aromatic carbocycles. The van der Waals surface area contributed by atoms with Gasteiger partial charge in [0.05, 0.1) is 16.8 Å². The van der Waals surface area contributed by atoms with Gasteiger partial charge in [-0.3, -0.25) is 0 Å². The maximum absolute atomic E-state index is 7.24. The van der Waals surface area contributed by atoms with E-state index in [4.69, 9.17) is 8.83 Å². The van der Waals surface area contributed by atoms with Crippen molar-refractivity contribution in [1.82, 2.24) is 0 Å². The molecule has 0 amide bonds. The zero-order valence-electron chi connectivity index (χ0n) is 34.4. The molecule has 0 spiro atoms. The molecule has 0 aliphatic heterocycles. The van der Waals surface area contributed by atoms with Gasteiger partial charge in [0.15, 0.2) is 0 Å². The Balaban J connectivity index is 1.13. The van der Waals surface area contributed by atoms with Gasteiger partial charge in [0, 0.05) is 38.4 Å². The summed E-state index contributed by atoms with van der Waals surface area (Å²) in [4.78, 5) is 2.53. The summed E-state index contributed by atoms with van der Waals surface area (Å²) in [5.74, 6) is 0. The van der Waals surface area contributed by atoms with Crippen molar-refractivity contribution in [2.45, 2.75) is 70.6 Å². The Kier molecular flexibility index (Phi) is 8.10. The topological polar surface area (TPSA) is 29.5 Å². The van der Waals surface area contributed by atoms with E-state index in [0.717, 1.165) is 80.8 Å². The molecule has 12 rings (SSSR count). The molecule has 0 fully saturated rings. The molecular formula is C57H47NO2. The van der Waals surface area contributed by atoms with E-state index in [0.29, 0.717) is 0 Å². The van der Waals surface area contributed by atoms with Crippen LogP contribution in [0.4, 0.5) is 11.4 Å². The van der Waals surface area contributed by atoms with E-state index in [-0.39, 0.29) is 5.41 Å². The number of allylic oxidation sites excluding steroid dienone is 10. The summed E-state index contributed by atoms with van der Waals surface area (Å²) in [6, 6.07) is 44.3. The van der Waals surface area contributed by atoms with E-state index in [9.17, 15) is 0 Å². The van der Waals surface area contributed by atoms with Crippen molar-refractivity contribution in [1.29, 1.82) is 0 Å². The van der Waals surface area contributed by atoms with Crippen molar-refractivity contribution in [2.24, 2.45) is 0 Å². The second-order valence-electron chi connectivity index (χ2n) is 17.6. The standard InChI is InChI=1S/C57H47NO2/c1-57(2)46-23-12-9-21-42(46)43-33-30-39(34-47(43)57)53-55-44-22-11-14-26-50(44)59-52(55)35-45-54-49(25-15-27-51(54)60-56(45)53)58(40-31-28-37(29-32-40)36-16-5-3-6-17-36)48-24-13-10-20-41(48)38-18-7-4-8-19-38/h3-7,10-11,13-18,20,22,24-28,30-31,33-35H,8-9,12,19,21,23,29,32H2,1-2H3. The van der Waals surface area contributed by atoms with Crippen LogP contribution in [0.5, 0.6) is 0 Å². The lowest BCUT2D eigenvalue weighted by atomic mass is 9.77. The van der Waals surface area contributed by atoms with Crippen LogP contribution < -0.4 is 4.90 Å². The van der Waals surface area contributed by atoms with Crippen LogP contribution in [0.25, 0.3) is 71.7 Å². The van der Waals surface area contributed by atoms with Gasteiger partial charge in [0.1, 0.15) is 22.3 Å². The maximum Gasteiger partial charge on any atom is 0.144 e. The largest absolute Gasteiger partial charge is 0.456 e. The highest BCUT2D eigenvalue weighted by Gasteiger charge is 2.39. The first kappa shape index (κ1) is 35.4. The fraction of sp³-hybridized carbons (Fsp3) is 0.193. The van der Waals surface area contributed by atoms with Crippen LogP contribution in [0.15, 0.2) is 172 Å². The van der Waals surface area contributed by atoms with Crippen molar-refractivity contribution in [3.8, 4) is 11.1 Å². The Hall–Kier alpha value is -6.58. The summed E-state index contributed by atoms with van der Waals surface area (Å²) in [5, 5.41) is 4.39. The normalized spacial score (nSPS) is 17.3. The lowest BCUT2D eigenvalue weighted by Crippen LogP contribution is -2.19. The molecular weight excluding hydrogens is 731 g/mol. The van der Waals surface area contributed by atoms with Crippen molar-refractivity contribution < 1.29 is 8.83 Å². The molecule has 0 atom stereocenters. The van der Waals surface area contributed by atoms with Gasteiger partial charge >= 0.3 is 0 Å². The van der Waals surface area contributed by atoms with Crippen LogP contribution in [0.3, 0.4) is 0 Å². The van der Waals surface area contributed by atoms with Crippen molar-refractivity contribution >= 4 is 72.0 Å². The van der Waals surface area contributed by atoms with Crippen LogP contribution >= 0.6 is 0 Å². The second kappa shape index (κ2) is 13.7. The summed E-state index contributed by atoms with van der Waals surface area (Å²) in [6.45, 7) is 4.87.